The monoisotopic (exact) mass is 187 g/mol. The molecule has 0 atom stereocenters. The highest BCUT2D eigenvalue weighted by Gasteiger charge is 2.06. The number of hydrogen-bond acceptors (Lipinski definition) is 2. The van der Waals surface area contributed by atoms with Crippen molar-refractivity contribution in [2.75, 3.05) is 7.05 Å². The standard InChI is InChI=1S/C11H11N3.H2/c1-3-10-9(7-12-2)8-5-4-6-13-11(8)14-10;/h3-7H,1H2,2H3,(H,13,14);1H. The number of fused-ring (bicyclic) bond motifs is 1. The van der Waals surface area contributed by atoms with E-state index in [4.69, 9.17) is 0 Å². The summed E-state index contributed by atoms with van der Waals surface area (Å²) in [6.07, 6.45) is 5.36. The molecule has 1 N–H and O–H groups in total. The molecular weight excluding hydrogens is 174 g/mol. The summed E-state index contributed by atoms with van der Waals surface area (Å²) in [6, 6.07) is 3.93. The highest BCUT2D eigenvalue weighted by atomic mass is 14.9. The first-order valence-corrected chi connectivity index (χ1v) is 4.38. The summed E-state index contributed by atoms with van der Waals surface area (Å²) in [5.74, 6) is 0. The summed E-state index contributed by atoms with van der Waals surface area (Å²) < 4.78 is 0. The van der Waals surface area contributed by atoms with Gasteiger partial charge in [-0.3, -0.25) is 4.99 Å². The maximum atomic E-state index is 4.23. The van der Waals surface area contributed by atoms with Crippen molar-refractivity contribution in [1.29, 1.82) is 0 Å². The Balaban J connectivity index is 0.00000112. The summed E-state index contributed by atoms with van der Waals surface area (Å²) in [6.45, 7) is 3.75. The van der Waals surface area contributed by atoms with Crippen LogP contribution in [0, 0.1) is 0 Å². The summed E-state index contributed by atoms with van der Waals surface area (Å²) in [5.41, 5.74) is 2.88. The molecule has 0 aliphatic carbocycles. The lowest BCUT2D eigenvalue weighted by atomic mass is 10.2. The number of aromatic amines is 1. The predicted molar refractivity (Wildman–Crippen MR) is 61.8 cm³/mol. The van der Waals surface area contributed by atoms with Gasteiger partial charge >= 0.3 is 0 Å². The van der Waals surface area contributed by atoms with Gasteiger partial charge in [0.2, 0.25) is 0 Å². The van der Waals surface area contributed by atoms with Crippen molar-refractivity contribution in [3.8, 4) is 0 Å². The molecule has 3 heteroatoms. The Kier molecular flexibility index (Phi) is 2.14. The lowest BCUT2D eigenvalue weighted by molar-refractivity contribution is 1.31. The number of H-pyrrole nitrogens is 1. The molecule has 0 aliphatic rings. The molecule has 2 aromatic heterocycles. The molecule has 0 unspecified atom stereocenters. The zero-order chi connectivity index (χ0) is 9.97. The van der Waals surface area contributed by atoms with Crippen molar-refractivity contribution in [3.05, 3.63) is 36.2 Å². The number of rotatable bonds is 2. The fourth-order valence-electron chi connectivity index (χ4n) is 1.49. The van der Waals surface area contributed by atoms with Crippen molar-refractivity contribution >= 4 is 23.3 Å². The van der Waals surface area contributed by atoms with Crippen LogP contribution in [0.3, 0.4) is 0 Å². The molecule has 14 heavy (non-hydrogen) atoms. The number of hydrogen-bond donors (Lipinski definition) is 1. The Morgan fingerprint density at radius 3 is 3.21 bits per heavy atom. The highest BCUT2D eigenvalue weighted by molar-refractivity contribution is 6.01. The smallest absolute Gasteiger partial charge is 0.138 e. The average molecular weight is 187 g/mol. The number of nitrogens with zero attached hydrogens (tertiary/aromatic N) is 2. The largest absolute Gasteiger partial charge is 0.339 e. The van der Waals surface area contributed by atoms with E-state index in [-0.39, 0.29) is 1.43 Å². The first-order valence-electron chi connectivity index (χ1n) is 4.38. The Bertz CT molecular complexity index is 500. The maximum absolute atomic E-state index is 4.23. The van der Waals surface area contributed by atoms with E-state index in [1.54, 1.807) is 19.3 Å². The van der Waals surface area contributed by atoms with Gasteiger partial charge in [0, 0.05) is 37.5 Å². The molecule has 0 aromatic carbocycles. The fourth-order valence-corrected chi connectivity index (χ4v) is 1.49. The minimum Gasteiger partial charge on any atom is -0.339 e. The van der Waals surface area contributed by atoms with Crippen molar-refractivity contribution in [2.45, 2.75) is 0 Å². The maximum Gasteiger partial charge on any atom is 0.138 e. The van der Waals surface area contributed by atoms with Crippen LogP contribution in [0.5, 0.6) is 0 Å². The molecule has 2 rings (SSSR count). The van der Waals surface area contributed by atoms with Gasteiger partial charge in [-0.1, -0.05) is 6.58 Å². The van der Waals surface area contributed by atoms with Gasteiger partial charge < -0.3 is 4.98 Å². The van der Waals surface area contributed by atoms with Crippen LogP contribution >= 0.6 is 0 Å². The highest BCUT2D eigenvalue weighted by Crippen LogP contribution is 2.19. The van der Waals surface area contributed by atoms with Gasteiger partial charge in [0.25, 0.3) is 0 Å². The quantitative estimate of drug-likeness (QED) is 0.721. The van der Waals surface area contributed by atoms with Crippen LogP contribution in [-0.4, -0.2) is 23.2 Å². The third-order valence-electron chi connectivity index (χ3n) is 2.10. The molecule has 0 aliphatic heterocycles. The molecule has 0 saturated carbocycles. The van der Waals surface area contributed by atoms with Gasteiger partial charge in [-0.05, 0) is 18.2 Å². The van der Waals surface area contributed by atoms with E-state index in [9.17, 15) is 0 Å². The van der Waals surface area contributed by atoms with Crippen LogP contribution in [0.1, 0.15) is 12.7 Å². The van der Waals surface area contributed by atoms with E-state index in [0.717, 1.165) is 22.3 Å². The zero-order valence-corrected chi connectivity index (χ0v) is 7.99. The second kappa shape index (κ2) is 3.46. The summed E-state index contributed by atoms with van der Waals surface area (Å²) in [4.78, 5) is 11.4. The van der Waals surface area contributed by atoms with Gasteiger partial charge in [-0.15, -0.1) is 0 Å². The topological polar surface area (TPSA) is 41.0 Å². The van der Waals surface area contributed by atoms with E-state index < -0.39 is 0 Å². The second-order valence-corrected chi connectivity index (χ2v) is 2.94. The van der Waals surface area contributed by atoms with Gasteiger partial charge in [-0.25, -0.2) is 4.98 Å². The third-order valence-corrected chi connectivity index (χ3v) is 2.10. The lowest BCUT2D eigenvalue weighted by Crippen LogP contribution is -1.81. The van der Waals surface area contributed by atoms with E-state index in [1.165, 1.54) is 0 Å². The minimum atomic E-state index is 0. The number of aliphatic imine (C=N–C) groups is 1. The van der Waals surface area contributed by atoms with Crippen LogP contribution in [0.15, 0.2) is 29.9 Å². The molecule has 0 bridgehead atoms. The summed E-state index contributed by atoms with van der Waals surface area (Å²) >= 11 is 0. The van der Waals surface area contributed by atoms with E-state index in [0.29, 0.717) is 0 Å². The van der Waals surface area contributed by atoms with Crippen LogP contribution < -0.4 is 0 Å². The summed E-state index contributed by atoms with van der Waals surface area (Å²) in [7, 11) is 1.75. The lowest BCUT2D eigenvalue weighted by Gasteiger charge is -1.90. The Morgan fingerprint density at radius 2 is 2.50 bits per heavy atom. The van der Waals surface area contributed by atoms with Crippen LogP contribution in [-0.2, 0) is 0 Å². The molecule has 3 nitrogen and oxygen atoms in total. The zero-order valence-electron chi connectivity index (χ0n) is 7.99. The first kappa shape index (κ1) is 8.69. The van der Waals surface area contributed by atoms with E-state index >= 15 is 0 Å². The van der Waals surface area contributed by atoms with Crippen molar-refractivity contribution in [3.63, 3.8) is 0 Å². The van der Waals surface area contributed by atoms with Crippen molar-refractivity contribution in [1.82, 2.24) is 9.97 Å². The van der Waals surface area contributed by atoms with E-state index in [1.807, 2.05) is 18.3 Å². The second-order valence-electron chi connectivity index (χ2n) is 2.94. The Labute approximate surface area is 83.7 Å². The molecule has 72 valence electrons. The van der Waals surface area contributed by atoms with Crippen molar-refractivity contribution in [2.24, 2.45) is 4.99 Å². The van der Waals surface area contributed by atoms with Gasteiger partial charge in [-0.2, -0.15) is 0 Å². The normalized spacial score (nSPS) is 11.2. The minimum absolute atomic E-state index is 0. The average Bonchev–Trinajstić information content (AvgIpc) is 2.58. The van der Waals surface area contributed by atoms with Crippen molar-refractivity contribution < 1.29 is 1.43 Å². The van der Waals surface area contributed by atoms with Crippen LogP contribution in [0.2, 0.25) is 0 Å². The molecular formula is C11H13N3. The van der Waals surface area contributed by atoms with Gasteiger partial charge in [0.15, 0.2) is 0 Å². The van der Waals surface area contributed by atoms with Gasteiger partial charge in [0.05, 0.1) is 0 Å². The van der Waals surface area contributed by atoms with Gasteiger partial charge in [0.1, 0.15) is 5.65 Å². The van der Waals surface area contributed by atoms with Crippen LogP contribution in [0.4, 0.5) is 0 Å². The Morgan fingerprint density at radius 1 is 1.64 bits per heavy atom. The number of aromatic nitrogens is 2. The number of pyridine rings is 1. The summed E-state index contributed by atoms with van der Waals surface area (Å²) in [5, 5.41) is 1.08. The SMILES string of the molecule is C=Cc1[nH]c2ncccc2c1C=NC.[HH]. The molecule has 0 radical (unpaired) electrons. The molecule has 2 aromatic rings. The molecule has 0 amide bonds. The molecule has 2 heterocycles. The predicted octanol–water partition coefficient (Wildman–Crippen LogP) is 2.50. The third kappa shape index (κ3) is 1.23. The number of nitrogens with one attached hydrogen (secondary N) is 1. The first-order chi connectivity index (χ1) is 6.86. The van der Waals surface area contributed by atoms with E-state index in [2.05, 4.69) is 21.5 Å². The molecule has 0 spiro atoms. The van der Waals surface area contributed by atoms with Crippen LogP contribution in [0.25, 0.3) is 17.1 Å². The fraction of sp³-hybridized carbons (Fsp3) is 0.0909. The Hall–Kier alpha value is -1.90. The molecule has 0 saturated heterocycles. The molecule has 0 fully saturated rings.